The van der Waals surface area contributed by atoms with Crippen LogP contribution in [0.1, 0.15) is 25.6 Å². The second-order valence-corrected chi connectivity index (χ2v) is 5.91. The van der Waals surface area contributed by atoms with E-state index in [0.717, 1.165) is 11.3 Å². The molecule has 25 heavy (non-hydrogen) atoms. The SMILES string of the molecule is COC(=O)c1sc(NC(=O)COc2ccccc2)c(C(=O)OC)c1C. The number of nitrogens with one attached hydrogen (secondary N) is 1. The molecule has 2 rings (SSSR count). The molecule has 1 amide bonds. The second-order valence-electron chi connectivity index (χ2n) is 4.89. The van der Waals surface area contributed by atoms with Crippen LogP contribution in [0.25, 0.3) is 0 Å². The van der Waals surface area contributed by atoms with Crippen molar-refractivity contribution in [1.82, 2.24) is 0 Å². The largest absolute Gasteiger partial charge is 0.484 e. The fourth-order valence-electron chi connectivity index (χ4n) is 2.07. The maximum atomic E-state index is 12.1. The van der Waals surface area contributed by atoms with E-state index in [0.29, 0.717) is 11.3 Å². The van der Waals surface area contributed by atoms with Gasteiger partial charge >= 0.3 is 11.9 Å². The number of para-hydroxylation sites is 1. The number of carbonyl (C=O) groups excluding carboxylic acids is 3. The van der Waals surface area contributed by atoms with Gasteiger partial charge in [-0.25, -0.2) is 9.59 Å². The van der Waals surface area contributed by atoms with E-state index in [1.165, 1.54) is 14.2 Å². The van der Waals surface area contributed by atoms with Gasteiger partial charge in [-0.2, -0.15) is 0 Å². The van der Waals surface area contributed by atoms with Crippen LogP contribution >= 0.6 is 11.3 Å². The summed E-state index contributed by atoms with van der Waals surface area (Å²) in [5.41, 5.74) is 0.518. The first kappa shape index (κ1) is 18.5. The molecule has 8 heteroatoms. The first-order valence-electron chi connectivity index (χ1n) is 7.25. The average molecular weight is 363 g/mol. The van der Waals surface area contributed by atoms with E-state index in [-0.39, 0.29) is 22.0 Å². The molecule has 0 fully saturated rings. The van der Waals surface area contributed by atoms with Gasteiger partial charge in [0.1, 0.15) is 15.6 Å². The molecule has 0 aliphatic carbocycles. The predicted molar refractivity (Wildman–Crippen MR) is 92.3 cm³/mol. The lowest BCUT2D eigenvalue weighted by atomic mass is 10.1. The number of carbonyl (C=O) groups is 3. The third kappa shape index (κ3) is 4.36. The molecule has 1 N–H and O–H groups in total. The molecule has 0 aliphatic rings. The molecule has 0 aliphatic heterocycles. The van der Waals surface area contributed by atoms with Crippen molar-refractivity contribution >= 4 is 34.2 Å². The van der Waals surface area contributed by atoms with Gasteiger partial charge in [-0.05, 0) is 24.6 Å². The number of ether oxygens (including phenoxy) is 3. The number of anilines is 1. The Balaban J connectivity index is 2.18. The molecular weight excluding hydrogens is 346 g/mol. The topological polar surface area (TPSA) is 90.9 Å². The third-order valence-electron chi connectivity index (χ3n) is 3.27. The maximum Gasteiger partial charge on any atom is 0.348 e. The van der Waals surface area contributed by atoms with Crippen molar-refractivity contribution in [2.24, 2.45) is 0 Å². The van der Waals surface area contributed by atoms with Crippen LogP contribution in [0.15, 0.2) is 30.3 Å². The van der Waals surface area contributed by atoms with Gasteiger partial charge in [0.25, 0.3) is 5.91 Å². The molecule has 0 atom stereocenters. The van der Waals surface area contributed by atoms with Crippen LogP contribution in [0.2, 0.25) is 0 Å². The van der Waals surface area contributed by atoms with Gasteiger partial charge in [0.05, 0.1) is 19.8 Å². The summed E-state index contributed by atoms with van der Waals surface area (Å²) in [5.74, 6) is -1.16. The highest BCUT2D eigenvalue weighted by atomic mass is 32.1. The maximum absolute atomic E-state index is 12.1. The van der Waals surface area contributed by atoms with E-state index in [2.05, 4.69) is 5.32 Å². The minimum atomic E-state index is -0.650. The van der Waals surface area contributed by atoms with Gasteiger partial charge in [0.15, 0.2) is 6.61 Å². The summed E-state index contributed by atoms with van der Waals surface area (Å²) in [7, 11) is 2.46. The molecule has 132 valence electrons. The Labute approximate surface area is 148 Å². The summed E-state index contributed by atoms with van der Waals surface area (Å²) in [6.07, 6.45) is 0. The number of thiophene rings is 1. The zero-order valence-corrected chi connectivity index (χ0v) is 14.8. The van der Waals surface area contributed by atoms with E-state index < -0.39 is 17.8 Å². The Morgan fingerprint density at radius 2 is 1.68 bits per heavy atom. The fraction of sp³-hybridized carbons (Fsp3) is 0.235. The Hall–Kier alpha value is -2.87. The minimum Gasteiger partial charge on any atom is -0.484 e. The average Bonchev–Trinajstić information content (AvgIpc) is 2.95. The molecular formula is C17H17NO6S. The van der Waals surface area contributed by atoms with Crippen molar-refractivity contribution in [3.63, 3.8) is 0 Å². The third-order valence-corrected chi connectivity index (χ3v) is 4.46. The molecule has 0 saturated heterocycles. The van der Waals surface area contributed by atoms with Gasteiger partial charge in [-0.3, -0.25) is 4.79 Å². The number of methoxy groups -OCH3 is 2. The summed E-state index contributed by atoms with van der Waals surface area (Å²) >= 11 is 0.950. The molecule has 0 saturated carbocycles. The van der Waals surface area contributed by atoms with Crippen molar-refractivity contribution < 1.29 is 28.6 Å². The molecule has 0 unspecified atom stereocenters. The molecule has 1 aromatic carbocycles. The van der Waals surface area contributed by atoms with Crippen LogP contribution in [0.3, 0.4) is 0 Å². The number of hydrogen-bond acceptors (Lipinski definition) is 7. The van der Waals surface area contributed by atoms with E-state index in [4.69, 9.17) is 14.2 Å². The zero-order valence-electron chi connectivity index (χ0n) is 14.0. The molecule has 0 spiro atoms. The Kier molecular flexibility index (Phi) is 6.13. The molecule has 0 radical (unpaired) electrons. The minimum absolute atomic E-state index is 0.126. The van der Waals surface area contributed by atoms with Crippen molar-refractivity contribution in [1.29, 1.82) is 0 Å². The number of amides is 1. The van der Waals surface area contributed by atoms with E-state index in [1.807, 2.05) is 6.07 Å². The van der Waals surface area contributed by atoms with Crippen molar-refractivity contribution in [3.8, 4) is 5.75 Å². The summed E-state index contributed by atoms with van der Waals surface area (Å²) < 4.78 is 14.8. The molecule has 7 nitrogen and oxygen atoms in total. The highest BCUT2D eigenvalue weighted by Crippen LogP contribution is 2.34. The molecule has 1 aromatic heterocycles. The number of esters is 2. The van der Waals surface area contributed by atoms with Gasteiger partial charge in [-0.1, -0.05) is 18.2 Å². The molecule has 0 bridgehead atoms. The standard InChI is InChI=1S/C17H17NO6S/c1-10-13(16(20)22-2)15(25-14(10)17(21)23-3)18-12(19)9-24-11-7-5-4-6-8-11/h4-8H,9H2,1-3H3,(H,18,19). The quantitative estimate of drug-likeness (QED) is 0.794. The normalized spacial score (nSPS) is 10.0. The Morgan fingerprint density at radius 1 is 1.04 bits per heavy atom. The van der Waals surface area contributed by atoms with Gasteiger partial charge in [0, 0.05) is 0 Å². The van der Waals surface area contributed by atoms with Crippen molar-refractivity contribution in [2.45, 2.75) is 6.92 Å². The van der Waals surface area contributed by atoms with Gasteiger partial charge in [0.2, 0.25) is 0 Å². The zero-order chi connectivity index (χ0) is 18.4. The number of rotatable bonds is 6. The summed E-state index contributed by atoms with van der Waals surface area (Å²) in [4.78, 5) is 36.1. The fourth-order valence-corrected chi connectivity index (χ4v) is 3.19. The van der Waals surface area contributed by atoms with Crippen LogP contribution in [0, 0.1) is 6.92 Å². The van der Waals surface area contributed by atoms with Crippen LogP contribution in [0.5, 0.6) is 5.75 Å². The smallest absolute Gasteiger partial charge is 0.348 e. The first-order valence-corrected chi connectivity index (χ1v) is 8.07. The van der Waals surface area contributed by atoms with Crippen LogP contribution in [-0.2, 0) is 14.3 Å². The van der Waals surface area contributed by atoms with Gasteiger partial charge < -0.3 is 19.5 Å². The van der Waals surface area contributed by atoms with Crippen molar-refractivity contribution in [3.05, 3.63) is 46.3 Å². The lowest BCUT2D eigenvalue weighted by molar-refractivity contribution is -0.118. The van der Waals surface area contributed by atoms with E-state index in [9.17, 15) is 14.4 Å². The van der Waals surface area contributed by atoms with Crippen LogP contribution in [-0.4, -0.2) is 38.7 Å². The highest BCUT2D eigenvalue weighted by molar-refractivity contribution is 7.18. The second kappa shape index (κ2) is 8.29. The highest BCUT2D eigenvalue weighted by Gasteiger charge is 2.26. The number of hydrogen-bond donors (Lipinski definition) is 1. The van der Waals surface area contributed by atoms with Crippen molar-refractivity contribution in [2.75, 3.05) is 26.1 Å². The van der Waals surface area contributed by atoms with Crippen LogP contribution in [0.4, 0.5) is 5.00 Å². The molecule has 2 aromatic rings. The Morgan fingerprint density at radius 3 is 2.28 bits per heavy atom. The lowest BCUT2D eigenvalue weighted by Crippen LogP contribution is -2.21. The monoisotopic (exact) mass is 363 g/mol. The lowest BCUT2D eigenvalue weighted by Gasteiger charge is -2.07. The summed E-state index contributed by atoms with van der Waals surface area (Å²) in [6, 6.07) is 8.84. The van der Waals surface area contributed by atoms with Gasteiger partial charge in [-0.15, -0.1) is 11.3 Å². The van der Waals surface area contributed by atoms with E-state index in [1.54, 1.807) is 31.2 Å². The first-order chi connectivity index (χ1) is 12.0. The predicted octanol–water partition coefficient (Wildman–Crippen LogP) is 2.65. The van der Waals surface area contributed by atoms with E-state index >= 15 is 0 Å². The number of benzene rings is 1. The summed E-state index contributed by atoms with van der Waals surface area (Å²) in [6.45, 7) is 1.35. The van der Waals surface area contributed by atoms with Crippen LogP contribution < -0.4 is 10.1 Å². The Bertz CT molecular complexity index is 784. The summed E-state index contributed by atoms with van der Waals surface area (Å²) in [5, 5.41) is 2.80. The molecule has 1 heterocycles.